The van der Waals surface area contributed by atoms with Gasteiger partial charge in [-0.15, -0.1) is 0 Å². The zero-order valence-electron chi connectivity index (χ0n) is 16.0. The van der Waals surface area contributed by atoms with Crippen LogP contribution in [0.2, 0.25) is 0 Å². The Kier molecular flexibility index (Phi) is 5.50. The third-order valence-electron chi connectivity index (χ3n) is 5.73. The van der Waals surface area contributed by atoms with Gasteiger partial charge in [-0.3, -0.25) is 4.98 Å². The number of carbonyl (C=O) groups is 1. The number of urea groups is 1. The van der Waals surface area contributed by atoms with Crippen LogP contribution in [0.15, 0.2) is 12.1 Å². The van der Waals surface area contributed by atoms with Gasteiger partial charge in [0.25, 0.3) is 0 Å². The van der Waals surface area contributed by atoms with E-state index in [9.17, 15) is 4.79 Å². The van der Waals surface area contributed by atoms with Crippen molar-refractivity contribution in [2.24, 2.45) is 5.41 Å². The normalized spacial score (nSPS) is 20.4. The lowest BCUT2D eigenvalue weighted by Gasteiger charge is -2.38. The van der Waals surface area contributed by atoms with E-state index in [0.717, 1.165) is 44.1 Å². The largest absolute Gasteiger partial charge is 0.368 e. The Bertz CT molecular complexity index is 581. The molecule has 2 amide bonds. The van der Waals surface area contributed by atoms with Crippen LogP contribution < -0.4 is 10.2 Å². The Morgan fingerprint density at radius 1 is 1.08 bits per heavy atom. The quantitative estimate of drug-likeness (QED) is 0.913. The molecular weight excluding hydrogens is 312 g/mol. The van der Waals surface area contributed by atoms with Crippen LogP contribution in [0.3, 0.4) is 0 Å². The van der Waals surface area contributed by atoms with E-state index in [1.807, 2.05) is 18.7 Å². The fourth-order valence-electron chi connectivity index (χ4n) is 4.15. The van der Waals surface area contributed by atoms with Crippen LogP contribution in [-0.4, -0.2) is 48.6 Å². The summed E-state index contributed by atoms with van der Waals surface area (Å²) in [6.07, 6.45) is 6.43. The molecule has 1 saturated carbocycles. The number of aryl methyl sites for hydroxylation is 2. The van der Waals surface area contributed by atoms with E-state index in [2.05, 4.69) is 34.3 Å². The molecule has 1 aliphatic carbocycles. The van der Waals surface area contributed by atoms with Crippen molar-refractivity contribution in [2.45, 2.75) is 52.9 Å². The highest BCUT2D eigenvalue weighted by Crippen LogP contribution is 2.34. The predicted octanol–water partition coefficient (Wildman–Crippen LogP) is 3.50. The van der Waals surface area contributed by atoms with Gasteiger partial charge in [0.05, 0.1) is 0 Å². The van der Waals surface area contributed by atoms with Gasteiger partial charge in [-0.05, 0) is 44.2 Å². The highest BCUT2D eigenvalue weighted by molar-refractivity contribution is 5.74. The van der Waals surface area contributed by atoms with Gasteiger partial charge in [-0.25, -0.2) is 4.79 Å². The lowest BCUT2D eigenvalue weighted by atomic mass is 9.76. The van der Waals surface area contributed by atoms with Crippen molar-refractivity contribution < 1.29 is 4.79 Å². The molecule has 3 rings (SSSR count). The predicted molar refractivity (Wildman–Crippen MR) is 102 cm³/mol. The molecule has 0 aromatic carbocycles. The number of hydrogen-bond acceptors (Lipinski definition) is 3. The first-order valence-corrected chi connectivity index (χ1v) is 9.68. The summed E-state index contributed by atoms with van der Waals surface area (Å²) < 4.78 is 0. The molecule has 1 aromatic rings. The number of anilines is 1. The van der Waals surface area contributed by atoms with Gasteiger partial charge in [-0.1, -0.05) is 26.2 Å². The summed E-state index contributed by atoms with van der Waals surface area (Å²) in [6.45, 7) is 10.5. The van der Waals surface area contributed by atoms with Crippen LogP contribution >= 0.6 is 0 Å². The van der Waals surface area contributed by atoms with Crippen LogP contribution in [-0.2, 0) is 0 Å². The van der Waals surface area contributed by atoms with Crippen molar-refractivity contribution in [3.05, 3.63) is 23.5 Å². The number of aromatic nitrogens is 1. The molecule has 5 heteroatoms. The first kappa shape index (κ1) is 18.0. The van der Waals surface area contributed by atoms with Gasteiger partial charge >= 0.3 is 6.03 Å². The number of carbonyl (C=O) groups excluding carboxylic acids is 1. The number of amides is 2. The zero-order chi connectivity index (χ0) is 17.9. The standard InChI is InChI=1S/C20H32N4O/c1-16-13-18(14-17(2)22-16)23-9-11-24(12-10-23)19(25)21-15-20(3)7-5-4-6-8-20/h13-14H,4-12,15H2,1-3H3,(H,21,25). The second-order valence-electron chi connectivity index (χ2n) is 8.11. The minimum Gasteiger partial charge on any atom is -0.368 e. The highest BCUT2D eigenvalue weighted by atomic mass is 16.2. The van der Waals surface area contributed by atoms with E-state index in [-0.39, 0.29) is 6.03 Å². The van der Waals surface area contributed by atoms with Crippen molar-refractivity contribution in [2.75, 3.05) is 37.6 Å². The van der Waals surface area contributed by atoms with Crippen LogP contribution in [0.4, 0.5) is 10.5 Å². The Morgan fingerprint density at radius 2 is 1.68 bits per heavy atom. The van der Waals surface area contributed by atoms with Crippen LogP contribution in [0.25, 0.3) is 0 Å². The molecule has 1 aromatic heterocycles. The summed E-state index contributed by atoms with van der Waals surface area (Å²) in [5.41, 5.74) is 3.62. The van der Waals surface area contributed by atoms with Gasteiger partial charge in [0, 0.05) is 49.8 Å². The summed E-state index contributed by atoms with van der Waals surface area (Å²) >= 11 is 0. The van der Waals surface area contributed by atoms with Gasteiger partial charge < -0.3 is 15.1 Å². The molecule has 2 fully saturated rings. The lowest BCUT2D eigenvalue weighted by Crippen LogP contribution is -2.53. The van der Waals surface area contributed by atoms with Crippen molar-refractivity contribution in [3.8, 4) is 0 Å². The maximum atomic E-state index is 12.5. The molecule has 1 N–H and O–H groups in total. The average molecular weight is 345 g/mol. The fraction of sp³-hybridized carbons (Fsp3) is 0.700. The van der Waals surface area contributed by atoms with E-state index in [1.54, 1.807) is 0 Å². The maximum absolute atomic E-state index is 12.5. The van der Waals surface area contributed by atoms with E-state index >= 15 is 0 Å². The van der Waals surface area contributed by atoms with Crippen molar-refractivity contribution in [1.29, 1.82) is 0 Å². The molecule has 2 aliphatic rings. The average Bonchev–Trinajstić information content (AvgIpc) is 2.60. The topological polar surface area (TPSA) is 48.5 Å². The second-order valence-corrected chi connectivity index (χ2v) is 8.11. The van der Waals surface area contributed by atoms with Crippen molar-refractivity contribution in [1.82, 2.24) is 15.2 Å². The molecule has 0 bridgehead atoms. The molecule has 1 saturated heterocycles. The van der Waals surface area contributed by atoms with Crippen LogP contribution in [0.5, 0.6) is 0 Å². The fourth-order valence-corrected chi connectivity index (χ4v) is 4.15. The summed E-state index contributed by atoms with van der Waals surface area (Å²) in [5, 5.41) is 3.19. The van der Waals surface area contributed by atoms with E-state index < -0.39 is 0 Å². The molecule has 0 radical (unpaired) electrons. The van der Waals surface area contributed by atoms with E-state index in [4.69, 9.17) is 0 Å². The summed E-state index contributed by atoms with van der Waals surface area (Å²) in [5.74, 6) is 0. The SMILES string of the molecule is Cc1cc(N2CCN(C(=O)NCC3(C)CCCCC3)CC2)cc(C)n1. The minimum absolute atomic E-state index is 0.105. The number of rotatable bonds is 3. The molecular formula is C20H32N4O. The lowest BCUT2D eigenvalue weighted by molar-refractivity contribution is 0.173. The number of nitrogens with one attached hydrogen (secondary N) is 1. The Balaban J connectivity index is 1.49. The van der Waals surface area contributed by atoms with Crippen LogP contribution in [0, 0.1) is 19.3 Å². The number of pyridine rings is 1. The summed E-state index contributed by atoms with van der Waals surface area (Å²) in [6, 6.07) is 4.37. The molecule has 25 heavy (non-hydrogen) atoms. The molecule has 0 spiro atoms. The second kappa shape index (κ2) is 7.63. The number of hydrogen-bond donors (Lipinski definition) is 1. The zero-order valence-corrected chi connectivity index (χ0v) is 16.0. The molecule has 0 unspecified atom stereocenters. The Morgan fingerprint density at radius 3 is 2.28 bits per heavy atom. The molecule has 0 atom stereocenters. The van der Waals surface area contributed by atoms with Crippen molar-refractivity contribution >= 4 is 11.7 Å². The number of nitrogens with zero attached hydrogens (tertiary/aromatic N) is 3. The summed E-state index contributed by atoms with van der Waals surface area (Å²) in [4.78, 5) is 21.3. The molecule has 138 valence electrons. The number of piperazine rings is 1. The van der Waals surface area contributed by atoms with E-state index in [0.29, 0.717) is 5.41 Å². The van der Waals surface area contributed by atoms with Gasteiger partial charge in [0.2, 0.25) is 0 Å². The maximum Gasteiger partial charge on any atom is 0.317 e. The molecule has 5 nitrogen and oxygen atoms in total. The van der Waals surface area contributed by atoms with Gasteiger partial charge in [-0.2, -0.15) is 0 Å². The van der Waals surface area contributed by atoms with Crippen molar-refractivity contribution in [3.63, 3.8) is 0 Å². The smallest absolute Gasteiger partial charge is 0.317 e. The van der Waals surface area contributed by atoms with E-state index in [1.165, 1.54) is 37.8 Å². The van der Waals surface area contributed by atoms with Crippen LogP contribution in [0.1, 0.15) is 50.4 Å². The van der Waals surface area contributed by atoms with Gasteiger partial charge in [0.15, 0.2) is 0 Å². The monoisotopic (exact) mass is 344 g/mol. The molecule has 1 aliphatic heterocycles. The minimum atomic E-state index is 0.105. The highest BCUT2D eigenvalue weighted by Gasteiger charge is 2.28. The third-order valence-corrected chi connectivity index (χ3v) is 5.73. The van der Waals surface area contributed by atoms with Gasteiger partial charge in [0.1, 0.15) is 0 Å². The first-order chi connectivity index (χ1) is 12.0. The molecule has 2 heterocycles. The summed E-state index contributed by atoms with van der Waals surface area (Å²) in [7, 11) is 0. The Labute approximate surface area is 151 Å². The third kappa shape index (κ3) is 4.65. The first-order valence-electron chi connectivity index (χ1n) is 9.68. The Hall–Kier alpha value is -1.78.